The minimum absolute atomic E-state index is 0. The Morgan fingerprint density at radius 2 is 1.46 bits per heavy atom. The fourth-order valence-electron chi connectivity index (χ4n) is 2.64. The smallest absolute Gasteiger partial charge is 0.496 e. The van der Waals surface area contributed by atoms with Crippen LogP contribution in [-0.2, 0) is 17.6 Å². The van der Waals surface area contributed by atoms with Gasteiger partial charge in [-0.1, -0.05) is 13.8 Å². The Labute approximate surface area is 144 Å². The SMILES string of the molecule is CCOC(=O)c1c(CC)c(CC)c(C)c(C)c1OC.N.OB(O)O. The Morgan fingerprint density at radius 1 is 1.00 bits per heavy atom. The van der Waals surface area contributed by atoms with E-state index < -0.39 is 7.32 Å². The maximum absolute atomic E-state index is 12.2. The van der Waals surface area contributed by atoms with Crippen LogP contribution in [0.3, 0.4) is 0 Å². The lowest BCUT2D eigenvalue weighted by atomic mass is 9.89. The molecule has 0 radical (unpaired) electrons. The van der Waals surface area contributed by atoms with Gasteiger partial charge < -0.3 is 30.7 Å². The Bertz CT molecular complexity index is 531. The van der Waals surface area contributed by atoms with Gasteiger partial charge in [0.1, 0.15) is 11.3 Å². The zero-order valence-electron chi connectivity index (χ0n) is 15.5. The van der Waals surface area contributed by atoms with Crippen LogP contribution >= 0.6 is 0 Å². The van der Waals surface area contributed by atoms with E-state index in [1.807, 2.05) is 13.8 Å². The van der Waals surface area contributed by atoms with Crippen LogP contribution in [0.1, 0.15) is 53.4 Å². The van der Waals surface area contributed by atoms with Crippen LogP contribution in [0.4, 0.5) is 0 Å². The summed E-state index contributed by atoms with van der Waals surface area (Å²) < 4.78 is 10.7. The Morgan fingerprint density at radius 3 is 1.79 bits per heavy atom. The standard InChI is InChI=1S/C16H24O3.BH3O3.H3N/c1-7-12-10(4)11(5)15(18-6)14(13(12)8-2)16(17)19-9-3;2-1(3)4;/h7-9H2,1-6H3;2-4H;1H3. The molecule has 0 aliphatic rings. The van der Waals surface area contributed by atoms with Crippen molar-refractivity contribution in [2.75, 3.05) is 13.7 Å². The molecule has 1 aromatic rings. The molecule has 1 aromatic carbocycles. The van der Waals surface area contributed by atoms with E-state index in [0.29, 0.717) is 17.9 Å². The molecule has 0 spiro atoms. The number of esters is 1. The van der Waals surface area contributed by atoms with Crippen molar-refractivity contribution in [3.8, 4) is 5.75 Å². The highest BCUT2D eigenvalue weighted by Crippen LogP contribution is 2.34. The summed E-state index contributed by atoms with van der Waals surface area (Å²) in [5.41, 5.74) is 5.14. The van der Waals surface area contributed by atoms with Crippen LogP contribution in [-0.4, -0.2) is 42.1 Å². The molecule has 0 heterocycles. The average molecular weight is 343 g/mol. The van der Waals surface area contributed by atoms with Crippen LogP contribution in [0, 0.1) is 13.8 Å². The average Bonchev–Trinajstić information content (AvgIpc) is 2.48. The van der Waals surface area contributed by atoms with Gasteiger partial charge in [-0.3, -0.25) is 0 Å². The summed E-state index contributed by atoms with van der Waals surface area (Å²) in [4.78, 5) is 12.2. The van der Waals surface area contributed by atoms with Crippen molar-refractivity contribution in [2.24, 2.45) is 0 Å². The van der Waals surface area contributed by atoms with Gasteiger partial charge in [-0.25, -0.2) is 4.79 Å². The number of hydrogen-bond acceptors (Lipinski definition) is 7. The fourth-order valence-corrected chi connectivity index (χ4v) is 2.64. The van der Waals surface area contributed by atoms with Crippen LogP contribution in [0.15, 0.2) is 0 Å². The lowest BCUT2D eigenvalue weighted by molar-refractivity contribution is 0.0521. The topological polar surface area (TPSA) is 131 Å². The summed E-state index contributed by atoms with van der Waals surface area (Å²) in [5.74, 6) is 0.374. The third-order valence-electron chi connectivity index (χ3n) is 3.64. The van der Waals surface area contributed by atoms with E-state index in [4.69, 9.17) is 24.5 Å². The van der Waals surface area contributed by atoms with E-state index in [9.17, 15) is 4.79 Å². The van der Waals surface area contributed by atoms with Crippen molar-refractivity contribution in [1.29, 1.82) is 0 Å². The van der Waals surface area contributed by atoms with Crippen molar-refractivity contribution in [3.05, 3.63) is 27.8 Å². The molecular weight excluding hydrogens is 313 g/mol. The monoisotopic (exact) mass is 343 g/mol. The first-order chi connectivity index (χ1) is 10.8. The highest BCUT2D eigenvalue weighted by Gasteiger charge is 2.24. The highest BCUT2D eigenvalue weighted by molar-refractivity contribution is 6.30. The second-order valence-electron chi connectivity index (χ2n) is 4.89. The molecule has 0 fully saturated rings. The molecule has 0 unspecified atom stereocenters. The van der Waals surface area contributed by atoms with Crippen molar-refractivity contribution < 1.29 is 29.3 Å². The predicted octanol–water partition coefficient (Wildman–Crippen LogP) is 1.72. The third kappa shape index (κ3) is 6.12. The van der Waals surface area contributed by atoms with Gasteiger partial charge in [-0.15, -0.1) is 0 Å². The molecule has 138 valence electrons. The first kappa shape index (κ1) is 24.6. The van der Waals surface area contributed by atoms with E-state index in [2.05, 4.69) is 20.8 Å². The molecule has 0 amide bonds. The molecule has 0 atom stereocenters. The number of ether oxygens (including phenoxy) is 2. The molecule has 0 bridgehead atoms. The highest BCUT2D eigenvalue weighted by atomic mass is 16.5. The quantitative estimate of drug-likeness (QED) is 0.473. The largest absolute Gasteiger partial charge is 0.631 e. The molecule has 24 heavy (non-hydrogen) atoms. The van der Waals surface area contributed by atoms with E-state index in [-0.39, 0.29) is 12.1 Å². The number of methoxy groups -OCH3 is 1. The van der Waals surface area contributed by atoms with E-state index in [1.54, 1.807) is 7.11 Å². The molecular formula is C16H30BNO6. The minimum atomic E-state index is -2.17. The number of carbonyl (C=O) groups is 1. The van der Waals surface area contributed by atoms with Gasteiger partial charge in [-0.05, 0) is 55.9 Å². The maximum atomic E-state index is 12.2. The van der Waals surface area contributed by atoms with Crippen LogP contribution in [0.5, 0.6) is 5.75 Å². The molecule has 0 aliphatic carbocycles. The van der Waals surface area contributed by atoms with Gasteiger partial charge in [0.05, 0.1) is 13.7 Å². The van der Waals surface area contributed by atoms with Crippen molar-refractivity contribution in [3.63, 3.8) is 0 Å². The Hall–Kier alpha value is -1.61. The second kappa shape index (κ2) is 11.9. The molecule has 8 heteroatoms. The summed E-state index contributed by atoms with van der Waals surface area (Å²) in [5, 5.41) is 21.5. The number of hydrogen-bond donors (Lipinski definition) is 4. The number of benzene rings is 1. The summed E-state index contributed by atoms with van der Waals surface area (Å²) in [6.45, 7) is 10.4. The fraction of sp³-hybridized carbons (Fsp3) is 0.562. The van der Waals surface area contributed by atoms with Crippen molar-refractivity contribution in [1.82, 2.24) is 6.15 Å². The molecule has 1 rings (SSSR count). The molecule has 0 aromatic heterocycles. The van der Waals surface area contributed by atoms with Crippen molar-refractivity contribution in [2.45, 2.75) is 47.5 Å². The van der Waals surface area contributed by atoms with Gasteiger partial charge >= 0.3 is 13.3 Å². The molecule has 7 nitrogen and oxygen atoms in total. The van der Waals surface area contributed by atoms with Gasteiger partial charge in [0.15, 0.2) is 0 Å². The van der Waals surface area contributed by atoms with Crippen LogP contribution in [0.25, 0.3) is 0 Å². The number of carbonyl (C=O) groups excluding carboxylic acids is 1. The lowest BCUT2D eigenvalue weighted by Gasteiger charge is -2.21. The van der Waals surface area contributed by atoms with Gasteiger partial charge in [0.25, 0.3) is 0 Å². The maximum Gasteiger partial charge on any atom is 0.631 e. The van der Waals surface area contributed by atoms with Gasteiger partial charge in [-0.2, -0.15) is 0 Å². The van der Waals surface area contributed by atoms with Gasteiger partial charge in [0, 0.05) is 0 Å². The third-order valence-corrected chi connectivity index (χ3v) is 3.64. The van der Waals surface area contributed by atoms with E-state index in [0.717, 1.165) is 24.0 Å². The molecule has 0 saturated heterocycles. The first-order valence-corrected chi connectivity index (χ1v) is 7.66. The summed E-state index contributed by atoms with van der Waals surface area (Å²) in [6.07, 6.45) is 1.71. The Balaban J connectivity index is 0. The zero-order valence-corrected chi connectivity index (χ0v) is 15.5. The van der Waals surface area contributed by atoms with E-state index >= 15 is 0 Å². The minimum Gasteiger partial charge on any atom is -0.496 e. The molecule has 0 aliphatic heterocycles. The lowest BCUT2D eigenvalue weighted by Crippen LogP contribution is -2.14. The number of rotatable bonds is 5. The Kier molecular flexibility index (Phi) is 12.2. The normalized spacial score (nSPS) is 9.38. The first-order valence-electron chi connectivity index (χ1n) is 7.66. The predicted molar refractivity (Wildman–Crippen MR) is 94.6 cm³/mol. The summed E-state index contributed by atoms with van der Waals surface area (Å²) in [6, 6.07) is 0. The summed E-state index contributed by atoms with van der Waals surface area (Å²) >= 11 is 0. The molecule has 0 saturated carbocycles. The zero-order chi connectivity index (χ0) is 18.2. The summed E-state index contributed by atoms with van der Waals surface area (Å²) in [7, 11) is -0.560. The van der Waals surface area contributed by atoms with Crippen LogP contribution in [0.2, 0.25) is 0 Å². The molecule has 6 N–H and O–H groups in total. The van der Waals surface area contributed by atoms with Crippen molar-refractivity contribution >= 4 is 13.3 Å². The van der Waals surface area contributed by atoms with E-state index in [1.165, 1.54) is 11.1 Å². The van der Waals surface area contributed by atoms with Crippen LogP contribution < -0.4 is 10.9 Å². The second-order valence-corrected chi connectivity index (χ2v) is 4.89. The van der Waals surface area contributed by atoms with Gasteiger partial charge in [0.2, 0.25) is 0 Å².